The molecule has 14 nitrogen and oxygen atoms in total. The quantitative estimate of drug-likeness (QED) is 0.208. The summed E-state index contributed by atoms with van der Waals surface area (Å²) in [7, 11) is 6.88. The van der Waals surface area contributed by atoms with Gasteiger partial charge in [-0.3, -0.25) is 19.1 Å². The second kappa shape index (κ2) is 17.7. The molecule has 1 N–H and O–H groups in total. The van der Waals surface area contributed by atoms with Crippen LogP contribution in [0.2, 0.25) is 0 Å². The molecule has 0 unspecified atom stereocenters. The Morgan fingerprint density at radius 1 is 0.953 bits per heavy atom. The first-order chi connectivity index (χ1) is 19.7. The lowest BCUT2D eigenvalue weighted by atomic mass is 9.97. The van der Waals surface area contributed by atoms with E-state index >= 15 is 0 Å². The smallest absolute Gasteiger partial charge is 0.352 e. The average molecular weight is 633 g/mol. The van der Waals surface area contributed by atoms with Crippen molar-refractivity contribution in [1.82, 2.24) is 29.3 Å². The maximum atomic E-state index is 13.7. The molecule has 0 saturated carbocycles. The van der Waals surface area contributed by atoms with Crippen LogP contribution in [0.15, 0.2) is 32.0 Å². The highest BCUT2D eigenvalue weighted by molar-refractivity contribution is 6.17. The third-order valence-electron chi connectivity index (χ3n) is 4.25. The minimum absolute atomic E-state index is 0.0594. The van der Waals surface area contributed by atoms with Crippen molar-refractivity contribution >= 4 is 47.9 Å². The molecule has 0 fully saturated rings. The van der Waals surface area contributed by atoms with E-state index in [4.69, 9.17) is 16.3 Å². The predicted octanol–water partition coefficient (Wildman–Crippen LogP) is 3.05. The van der Waals surface area contributed by atoms with E-state index in [1.165, 1.54) is 12.7 Å². The number of esters is 2. The number of nitrogens with zero attached hydrogens (tertiary/aromatic N) is 7. The number of carbonyl (C=O) groups excluding carboxylic acids is 2. The molecule has 2 heterocycles. The van der Waals surface area contributed by atoms with Crippen LogP contribution in [-0.2, 0) is 25.8 Å². The number of hydrogen-bond acceptors (Lipinski definition) is 10. The minimum Gasteiger partial charge on any atom is -0.449 e. The first-order valence-corrected chi connectivity index (χ1v) is 13.1. The average Bonchev–Trinajstić information content (AvgIpc) is 2.88. The van der Waals surface area contributed by atoms with E-state index in [1.807, 2.05) is 0 Å². The summed E-state index contributed by atoms with van der Waals surface area (Å²) in [6, 6.07) is -0.0594. The zero-order chi connectivity index (χ0) is 33.5. The van der Waals surface area contributed by atoms with Crippen LogP contribution in [0.4, 0.5) is 20.4 Å². The molecule has 2 rings (SSSR count). The summed E-state index contributed by atoms with van der Waals surface area (Å²) >= 11 is 5.16. The summed E-state index contributed by atoms with van der Waals surface area (Å²) in [5, 5.41) is 0. The number of aromatic nitrogens is 4. The predicted molar refractivity (Wildman–Crippen MR) is 159 cm³/mol. The topological polar surface area (TPSA) is 164 Å². The molecule has 240 valence electrons. The van der Waals surface area contributed by atoms with Crippen molar-refractivity contribution in [2.45, 2.75) is 48.3 Å². The van der Waals surface area contributed by atoms with Gasteiger partial charge in [-0.25, -0.2) is 28.4 Å². The van der Waals surface area contributed by atoms with Gasteiger partial charge in [-0.05, 0) is 41.5 Å². The zero-order valence-corrected chi connectivity index (χ0v) is 26.7. The van der Waals surface area contributed by atoms with Gasteiger partial charge in [-0.15, -0.1) is 0 Å². The van der Waals surface area contributed by atoms with Crippen molar-refractivity contribution in [2.24, 2.45) is 20.8 Å². The van der Waals surface area contributed by atoms with Gasteiger partial charge in [0.1, 0.15) is 0 Å². The summed E-state index contributed by atoms with van der Waals surface area (Å²) in [6.45, 7) is 9.98. The van der Waals surface area contributed by atoms with Gasteiger partial charge < -0.3 is 19.3 Å². The Balaban J connectivity index is 0.000000682. The number of alkyl halides is 1. The maximum Gasteiger partial charge on any atom is 0.352 e. The Labute approximate surface area is 253 Å². The minimum atomic E-state index is -0.778. The van der Waals surface area contributed by atoms with E-state index in [-0.39, 0.29) is 23.7 Å². The van der Waals surface area contributed by atoms with Crippen molar-refractivity contribution in [1.29, 1.82) is 0 Å². The summed E-state index contributed by atoms with van der Waals surface area (Å²) in [6.07, 6.45) is 4.46. The van der Waals surface area contributed by atoms with Gasteiger partial charge in [0.15, 0.2) is 36.1 Å². The summed E-state index contributed by atoms with van der Waals surface area (Å²) in [5.41, 5.74) is -2.50. The number of hydrogen-bond donors (Lipinski definition) is 1. The molecular weight excluding hydrogens is 594 g/mol. The Kier molecular flexibility index (Phi) is 15.9. The molecular formula is C26H39ClF2N8O6. The molecule has 17 heteroatoms. The first kappa shape index (κ1) is 38.8. The zero-order valence-electron chi connectivity index (χ0n) is 25.9. The number of carbonyl (C=O) groups is 2. The highest BCUT2D eigenvalue weighted by atomic mass is 35.5. The standard InChI is InChI=1S/C13H19FN4O3.C7H9FN4O.C6H11ClO2/c1-13(2,3)11(19)21-8-18-6-9(14)10(16-12(18)20)15-7-17(4)5;1-12(2)4-10-6-5(8)3-9-7(13)11-6;1-6(2,3)5(8)9-4-7/h6-7H,8H2,1-5H3;3-4H,1-2H3,(H,9,11,13);4H2,1-3H3. The SMILES string of the molecule is CC(C)(C)C(=O)OCCl.CN(C)C=Nc1[nH]c(=O)ncc1F.CN(C)C=Nc1nc(=O)n(COC(=O)C(C)(C)C)cc1F. The van der Waals surface area contributed by atoms with Gasteiger partial charge in [0.2, 0.25) is 0 Å². The molecule has 43 heavy (non-hydrogen) atoms. The Morgan fingerprint density at radius 3 is 1.93 bits per heavy atom. The van der Waals surface area contributed by atoms with Crippen LogP contribution in [0.5, 0.6) is 0 Å². The van der Waals surface area contributed by atoms with E-state index < -0.39 is 46.5 Å². The highest BCUT2D eigenvalue weighted by Crippen LogP contribution is 2.16. The van der Waals surface area contributed by atoms with Crippen LogP contribution < -0.4 is 11.4 Å². The second-order valence-corrected chi connectivity index (χ2v) is 11.3. The molecule has 0 aliphatic rings. The second-order valence-electron chi connectivity index (χ2n) is 11.1. The lowest BCUT2D eigenvalue weighted by Crippen LogP contribution is -2.29. The van der Waals surface area contributed by atoms with Crippen molar-refractivity contribution in [2.75, 3.05) is 34.3 Å². The van der Waals surface area contributed by atoms with Crippen molar-refractivity contribution in [3.63, 3.8) is 0 Å². The summed E-state index contributed by atoms with van der Waals surface area (Å²) < 4.78 is 36.9. The van der Waals surface area contributed by atoms with Gasteiger partial charge >= 0.3 is 23.3 Å². The number of aromatic amines is 1. The lowest BCUT2D eigenvalue weighted by molar-refractivity contribution is -0.157. The molecule has 0 atom stereocenters. The summed E-state index contributed by atoms with van der Waals surface area (Å²) in [4.78, 5) is 64.2. The van der Waals surface area contributed by atoms with Crippen LogP contribution in [0.3, 0.4) is 0 Å². The van der Waals surface area contributed by atoms with E-state index in [0.29, 0.717) is 0 Å². The monoisotopic (exact) mass is 632 g/mol. The number of nitrogens with one attached hydrogen (secondary N) is 1. The van der Waals surface area contributed by atoms with Crippen molar-refractivity contribution in [3.8, 4) is 0 Å². The molecule has 0 spiro atoms. The van der Waals surface area contributed by atoms with Crippen LogP contribution in [0.1, 0.15) is 41.5 Å². The first-order valence-electron chi connectivity index (χ1n) is 12.5. The van der Waals surface area contributed by atoms with Gasteiger partial charge in [-0.1, -0.05) is 11.6 Å². The molecule has 0 saturated heterocycles. The van der Waals surface area contributed by atoms with Gasteiger partial charge in [-0.2, -0.15) is 9.97 Å². The van der Waals surface area contributed by atoms with E-state index in [2.05, 4.69) is 29.7 Å². The van der Waals surface area contributed by atoms with Gasteiger partial charge in [0.25, 0.3) is 0 Å². The molecule has 0 aliphatic carbocycles. The van der Waals surface area contributed by atoms with E-state index in [0.717, 1.165) is 17.0 Å². The number of aliphatic imine (C=N–C) groups is 2. The Hall–Kier alpha value is -4.21. The number of ether oxygens (including phenoxy) is 2. The van der Waals surface area contributed by atoms with Crippen LogP contribution >= 0.6 is 11.6 Å². The lowest BCUT2D eigenvalue weighted by Gasteiger charge is -2.16. The fourth-order valence-electron chi connectivity index (χ4n) is 2.06. The normalized spacial score (nSPS) is 11.3. The number of rotatable bonds is 7. The molecule has 0 bridgehead atoms. The van der Waals surface area contributed by atoms with Gasteiger partial charge in [0.05, 0.1) is 35.9 Å². The largest absolute Gasteiger partial charge is 0.449 e. The highest BCUT2D eigenvalue weighted by Gasteiger charge is 2.23. The Bertz CT molecular complexity index is 1380. The molecule has 0 radical (unpaired) electrons. The number of H-pyrrole nitrogens is 1. The van der Waals surface area contributed by atoms with Crippen molar-refractivity contribution in [3.05, 3.63) is 45.0 Å². The summed E-state index contributed by atoms with van der Waals surface area (Å²) in [5.74, 6) is -2.62. The van der Waals surface area contributed by atoms with Crippen LogP contribution in [0.25, 0.3) is 0 Å². The van der Waals surface area contributed by atoms with E-state index in [1.54, 1.807) is 79.5 Å². The molecule has 0 aliphatic heterocycles. The third-order valence-corrected chi connectivity index (χ3v) is 4.36. The van der Waals surface area contributed by atoms with E-state index in [9.17, 15) is 28.0 Å². The number of halogens is 3. The fraction of sp³-hybridized carbons (Fsp3) is 0.538. The molecule has 0 amide bonds. The van der Waals surface area contributed by atoms with Gasteiger partial charge in [0, 0.05) is 28.2 Å². The van der Waals surface area contributed by atoms with Crippen molar-refractivity contribution < 1.29 is 27.8 Å². The maximum absolute atomic E-state index is 13.7. The molecule has 0 aromatic carbocycles. The fourth-order valence-corrected chi connectivity index (χ4v) is 2.16. The third kappa shape index (κ3) is 16.1. The van der Waals surface area contributed by atoms with Crippen LogP contribution in [0, 0.1) is 22.5 Å². The molecule has 2 aromatic rings. The van der Waals surface area contributed by atoms with Crippen LogP contribution in [-0.4, -0.2) is 88.2 Å². The Morgan fingerprint density at radius 2 is 1.47 bits per heavy atom. The molecule has 2 aromatic heterocycles.